The van der Waals surface area contributed by atoms with Crippen molar-refractivity contribution in [3.05, 3.63) is 63.1 Å². The molecular formula is C17H19BrClNO2. The minimum Gasteiger partial charge on any atom is -0.495 e. The van der Waals surface area contributed by atoms with Crippen LogP contribution < -0.4 is 10.1 Å². The van der Waals surface area contributed by atoms with Crippen LogP contribution in [0.15, 0.2) is 46.9 Å². The first kappa shape index (κ1) is 17.3. The van der Waals surface area contributed by atoms with Gasteiger partial charge in [0.2, 0.25) is 0 Å². The molecule has 2 N–H and O–H groups in total. The van der Waals surface area contributed by atoms with Crippen LogP contribution in [0.2, 0.25) is 5.02 Å². The van der Waals surface area contributed by atoms with Crippen LogP contribution in [0.25, 0.3) is 0 Å². The lowest BCUT2D eigenvalue weighted by Gasteiger charge is -2.12. The van der Waals surface area contributed by atoms with E-state index in [9.17, 15) is 5.11 Å². The van der Waals surface area contributed by atoms with Gasteiger partial charge in [0.05, 0.1) is 18.2 Å². The van der Waals surface area contributed by atoms with E-state index in [4.69, 9.17) is 16.3 Å². The van der Waals surface area contributed by atoms with Crippen molar-refractivity contribution in [1.29, 1.82) is 0 Å². The highest BCUT2D eigenvalue weighted by Crippen LogP contribution is 2.25. The Kier molecular flexibility index (Phi) is 6.70. The Labute approximate surface area is 144 Å². The maximum atomic E-state index is 10.1. The molecule has 0 saturated heterocycles. The number of hydrogen-bond acceptors (Lipinski definition) is 3. The van der Waals surface area contributed by atoms with Crippen LogP contribution >= 0.6 is 27.5 Å². The molecule has 0 bridgehead atoms. The monoisotopic (exact) mass is 383 g/mol. The highest BCUT2D eigenvalue weighted by molar-refractivity contribution is 9.10. The molecule has 22 heavy (non-hydrogen) atoms. The van der Waals surface area contributed by atoms with E-state index in [0.717, 1.165) is 28.6 Å². The van der Waals surface area contributed by atoms with Gasteiger partial charge in [-0.25, -0.2) is 0 Å². The predicted molar refractivity (Wildman–Crippen MR) is 93.7 cm³/mol. The first-order chi connectivity index (χ1) is 10.6. The third-order valence-corrected chi connectivity index (χ3v) is 4.22. The standard InChI is InChI=1S/C17H19BrClNO2/c1-22-17-7-2-12(10-15(17)19)8-9-20-11-16(21)13-3-5-14(18)6-4-13/h2-7,10,16,20-21H,8-9,11H2,1H3/t16-/m0/s1. The van der Waals surface area contributed by atoms with Gasteiger partial charge in [-0.2, -0.15) is 0 Å². The number of halogens is 2. The molecule has 5 heteroatoms. The molecule has 0 radical (unpaired) electrons. The summed E-state index contributed by atoms with van der Waals surface area (Å²) in [5, 5.41) is 14.0. The van der Waals surface area contributed by atoms with Gasteiger partial charge >= 0.3 is 0 Å². The van der Waals surface area contributed by atoms with E-state index in [0.29, 0.717) is 17.3 Å². The first-order valence-electron chi connectivity index (χ1n) is 7.07. The van der Waals surface area contributed by atoms with Crippen LogP contribution in [-0.2, 0) is 6.42 Å². The Bertz CT molecular complexity index is 604. The van der Waals surface area contributed by atoms with Crippen LogP contribution in [0, 0.1) is 0 Å². The van der Waals surface area contributed by atoms with Crippen molar-refractivity contribution in [2.75, 3.05) is 20.2 Å². The Balaban J connectivity index is 1.77. The molecule has 0 aliphatic rings. The largest absolute Gasteiger partial charge is 0.495 e. The molecule has 0 saturated carbocycles. The van der Waals surface area contributed by atoms with Crippen molar-refractivity contribution in [1.82, 2.24) is 5.32 Å². The number of aliphatic hydroxyl groups excluding tert-OH is 1. The zero-order chi connectivity index (χ0) is 15.9. The van der Waals surface area contributed by atoms with E-state index in [1.165, 1.54) is 0 Å². The number of aliphatic hydroxyl groups is 1. The molecular weight excluding hydrogens is 366 g/mol. The molecule has 0 amide bonds. The second-order valence-corrected chi connectivity index (χ2v) is 6.31. The van der Waals surface area contributed by atoms with Crippen LogP contribution in [0.5, 0.6) is 5.75 Å². The summed E-state index contributed by atoms with van der Waals surface area (Å²) >= 11 is 9.48. The van der Waals surface area contributed by atoms with Crippen molar-refractivity contribution < 1.29 is 9.84 Å². The molecule has 0 aliphatic carbocycles. The van der Waals surface area contributed by atoms with E-state index >= 15 is 0 Å². The maximum absolute atomic E-state index is 10.1. The van der Waals surface area contributed by atoms with Gasteiger partial charge in [0.15, 0.2) is 0 Å². The van der Waals surface area contributed by atoms with E-state index in [1.54, 1.807) is 7.11 Å². The number of methoxy groups -OCH3 is 1. The fourth-order valence-electron chi connectivity index (χ4n) is 2.14. The Morgan fingerprint density at radius 3 is 2.59 bits per heavy atom. The van der Waals surface area contributed by atoms with Gasteiger partial charge in [-0.15, -0.1) is 0 Å². The van der Waals surface area contributed by atoms with Crippen molar-refractivity contribution >= 4 is 27.5 Å². The molecule has 2 rings (SSSR count). The highest BCUT2D eigenvalue weighted by Gasteiger charge is 2.07. The second-order valence-electron chi connectivity index (χ2n) is 4.99. The van der Waals surface area contributed by atoms with Crippen LogP contribution in [0.3, 0.4) is 0 Å². The van der Waals surface area contributed by atoms with Gasteiger partial charge in [0.25, 0.3) is 0 Å². The zero-order valence-electron chi connectivity index (χ0n) is 12.4. The summed E-state index contributed by atoms with van der Waals surface area (Å²) in [7, 11) is 1.60. The summed E-state index contributed by atoms with van der Waals surface area (Å²) in [6.45, 7) is 1.29. The maximum Gasteiger partial charge on any atom is 0.137 e. The van der Waals surface area contributed by atoms with Crippen LogP contribution in [-0.4, -0.2) is 25.3 Å². The molecule has 0 aromatic heterocycles. The average molecular weight is 385 g/mol. The first-order valence-corrected chi connectivity index (χ1v) is 8.24. The summed E-state index contributed by atoms with van der Waals surface area (Å²) < 4.78 is 6.14. The Hall–Kier alpha value is -1.07. The minimum atomic E-state index is -0.507. The van der Waals surface area contributed by atoms with Gasteiger partial charge in [0.1, 0.15) is 5.75 Å². The Morgan fingerprint density at radius 2 is 1.95 bits per heavy atom. The molecule has 0 fully saturated rings. The fourth-order valence-corrected chi connectivity index (χ4v) is 2.68. The average Bonchev–Trinajstić information content (AvgIpc) is 2.52. The summed E-state index contributed by atoms with van der Waals surface area (Å²) in [6.07, 6.45) is 0.337. The molecule has 2 aromatic rings. The number of rotatable bonds is 7. The van der Waals surface area contributed by atoms with Crippen molar-refractivity contribution in [3.63, 3.8) is 0 Å². The molecule has 0 unspecified atom stereocenters. The highest BCUT2D eigenvalue weighted by atomic mass is 79.9. The lowest BCUT2D eigenvalue weighted by Crippen LogP contribution is -2.23. The SMILES string of the molecule is COc1ccc(CCNC[C@H](O)c2ccc(Br)cc2)cc1Cl. The van der Waals surface area contributed by atoms with Crippen molar-refractivity contribution in [2.24, 2.45) is 0 Å². The lowest BCUT2D eigenvalue weighted by molar-refractivity contribution is 0.175. The van der Waals surface area contributed by atoms with Gasteiger partial charge in [-0.1, -0.05) is 45.7 Å². The summed E-state index contributed by atoms with van der Waals surface area (Å²) in [5.41, 5.74) is 2.04. The van der Waals surface area contributed by atoms with Gasteiger partial charge in [0, 0.05) is 11.0 Å². The van der Waals surface area contributed by atoms with Gasteiger partial charge in [-0.3, -0.25) is 0 Å². The third kappa shape index (κ3) is 4.99. The van der Waals surface area contributed by atoms with Crippen molar-refractivity contribution in [2.45, 2.75) is 12.5 Å². The molecule has 0 spiro atoms. The molecule has 3 nitrogen and oxygen atoms in total. The number of benzene rings is 2. The Morgan fingerprint density at radius 1 is 1.23 bits per heavy atom. The predicted octanol–water partition coefficient (Wildman–Crippen LogP) is 3.98. The number of hydrogen-bond donors (Lipinski definition) is 2. The topological polar surface area (TPSA) is 41.5 Å². The van der Waals surface area contributed by atoms with Crippen LogP contribution in [0.4, 0.5) is 0 Å². The second kappa shape index (κ2) is 8.53. The van der Waals surface area contributed by atoms with Gasteiger partial charge < -0.3 is 15.2 Å². The summed E-state index contributed by atoms with van der Waals surface area (Å²) in [4.78, 5) is 0. The molecule has 0 aliphatic heterocycles. The normalized spacial score (nSPS) is 12.2. The number of ether oxygens (including phenoxy) is 1. The lowest BCUT2D eigenvalue weighted by atomic mass is 10.1. The number of nitrogens with one attached hydrogen (secondary N) is 1. The molecule has 118 valence electrons. The fraction of sp³-hybridized carbons (Fsp3) is 0.294. The van der Waals surface area contributed by atoms with Crippen LogP contribution in [0.1, 0.15) is 17.2 Å². The van der Waals surface area contributed by atoms with E-state index in [1.807, 2.05) is 42.5 Å². The molecule has 2 aromatic carbocycles. The zero-order valence-corrected chi connectivity index (χ0v) is 14.7. The van der Waals surface area contributed by atoms with E-state index in [-0.39, 0.29) is 0 Å². The van der Waals surface area contributed by atoms with E-state index < -0.39 is 6.10 Å². The molecule has 1 atom stereocenters. The minimum absolute atomic E-state index is 0.507. The smallest absolute Gasteiger partial charge is 0.137 e. The summed E-state index contributed by atoms with van der Waals surface area (Å²) in [6, 6.07) is 13.5. The molecule has 0 heterocycles. The quantitative estimate of drug-likeness (QED) is 0.710. The van der Waals surface area contributed by atoms with Crippen molar-refractivity contribution in [3.8, 4) is 5.75 Å². The van der Waals surface area contributed by atoms with E-state index in [2.05, 4.69) is 21.2 Å². The summed E-state index contributed by atoms with van der Waals surface area (Å²) in [5.74, 6) is 0.684. The van der Waals surface area contributed by atoms with Gasteiger partial charge in [-0.05, 0) is 48.4 Å². The third-order valence-electron chi connectivity index (χ3n) is 3.40.